The number of nitrogens with two attached hydrogens (primary N) is 2. The molecule has 1 saturated carbocycles. The number of aromatic nitrogens is 1. The zero-order valence-electron chi connectivity index (χ0n) is 16.1. The van der Waals surface area contributed by atoms with E-state index in [9.17, 15) is 19.7 Å². The van der Waals surface area contributed by atoms with Gasteiger partial charge in [0.05, 0.1) is 6.08 Å². The lowest BCUT2D eigenvalue weighted by Crippen LogP contribution is -2.44. The van der Waals surface area contributed by atoms with Crippen LogP contribution in [0.15, 0.2) is 28.5 Å². The number of carbonyl (C=O) groups excluding carboxylic acids is 2. The van der Waals surface area contributed by atoms with Crippen molar-refractivity contribution >= 4 is 35.2 Å². The highest BCUT2D eigenvalue weighted by molar-refractivity contribution is 7.11. The van der Waals surface area contributed by atoms with E-state index in [1.54, 1.807) is 5.38 Å². The summed E-state index contributed by atoms with van der Waals surface area (Å²) in [6.07, 6.45) is 3.98. The van der Waals surface area contributed by atoms with Crippen LogP contribution in [-0.4, -0.2) is 51.5 Å². The van der Waals surface area contributed by atoms with Crippen molar-refractivity contribution in [2.75, 3.05) is 0 Å². The second kappa shape index (κ2) is 12.0. The predicted octanol–water partition coefficient (Wildman–Crippen LogP) is -1.46. The van der Waals surface area contributed by atoms with E-state index in [1.165, 1.54) is 6.20 Å². The molecule has 1 aliphatic carbocycles. The van der Waals surface area contributed by atoms with Gasteiger partial charge in [-0.2, -0.15) is 0 Å². The van der Waals surface area contributed by atoms with Crippen molar-refractivity contribution in [2.24, 2.45) is 16.6 Å². The molecular formula is C15H22N8O7S. The summed E-state index contributed by atoms with van der Waals surface area (Å²) in [5, 5.41) is 26.3. The fourth-order valence-electron chi connectivity index (χ4n) is 2.71. The first-order chi connectivity index (χ1) is 14.2. The minimum Gasteiger partial charge on any atom is -0.459 e. The van der Waals surface area contributed by atoms with E-state index < -0.39 is 34.7 Å². The summed E-state index contributed by atoms with van der Waals surface area (Å²) in [5.41, 5.74) is 10.3. The standard InChI is InChI=1S/C15H20N8O6S.H2O/c16-13(17)21-10(12(25)29-15-19-4-5-30-15)7-11(24)28-9-3-1-2-8(6-9)20-14(18)22-23(26)27;/h4-5,7-9H,1-3,6H2,(H4,16,17,21)(H3,18,20,22);1H2/b10-7+;. The highest BCUT2D eigenvalue weighted by atomic mass is 32.1. The molecule has 2 rings (SSSR count). The van der Waals surface area contributed by atoms with Crippen molar-refractivity contribution < 1.29 is 29.6 Å². The SMILES string of the molecule is N=C(N)N/C(=C/C(=O)OC1CCCC(NC(N)=N[N+](=O)[O-])C1)C(=O)Oc1nccs1.O. The number of nitrogens with zero attached hydrogens (tertiary/aromatic N) is 3. The molecule has 0 amide bonds. The maximum absolute atomic E-state index is 12.3. The molecule has 1 aromatic heterocycles. The molecule has 0 aliphatic heterocycles. The smallest absolute Gasteiger partial charge is 0.362 e. The molecule has 0 bridgehead atoms. The lowest BCUT2D eigenvalue weighted by Gasteiger charge is -2.29. The van der Waals surface area contributed by atoms with Crippen molar-refractivity contribution in [3.05, 3.63) is 33.5 Å². The van der Waals surface area contributed by atoms with Crippen LogP contribution in [-0.2, 0) is 14.3 Å². The Labute approximate surface area is 179 Å². The molecule has 2 unspecified atom stereocenters. The number of ether oxygens (including phenoxy) is 2. The van der Waals surface area contributed by atoms with E-state index in [2.05, 4.69) is 20.7 Å². The minimum atomic E-state index is -0.968. The number of nitro groups is 1. The van der Waals surface area contributed by atoms with E-state index >= 15 is 0 Å². The van der Waals surface area contributed by atoms with Crippen LogP contribution in [0.2, 0.25) is 0 Å². The summed E-state index contributed by atoms with van der Waals surface area (Å²) in [6.45, 7) is 0. The van der Waals surface area contributed by atoms with Gasteiger partial charge in [0.1, 0.15) is 16.9 Å². The Bertz CT molecular complexity index is 858. The number of hydrogen-bond acceptors (Lipinski definition) is 9. The molecule has 0 aromatic carbocycles. The molecule has 9 N–H and O–H groups in total. The average Bonchev–Trinajstić information content (AvgIpc) is 3.13. The number of nitrogens with one attached hydrogen (secondary N) is 3. The molecule has 0 spiro atoms. The van der Waals surface area contributed by atoms with Gasteiger partial charge in [-0.15, -0.1) is 0 Å². The highest BCUT2D eigenvalue weighted by Gasteiger charge is 2.26. The second-order valence-electron chi connectivity index (χ2n) is 6.07. The van der Waals surface area contributed by atoms with E-state index in [-0.39, 0.29) is 22.7 Å². The number of hydrazone groups is 1. The van der Waals surface area contributed by atoms with Crippen LogP contribution in [0, 0.1) is 15.5 Å². The molecule has 1 fully saturated rings. The normalized spacial score (nSPS) is 18.8. The molecule has 0 saturated heterocycles. The molecule has 31 heavy (non-hydrogen) atoms. The van der Waals surface area contributed by atoms with Gasteiger partial charge in [0.2, 0.25) is 0 Å². The van der Waals surface area contributed by atoms with Crippen LogP contribution in [0.1, 0.15) is 25.7 Å². The van der Waals surface area contributed by atoms with Crippen molar-refractivity contribution in [3.63, 3.8) is 0 Å². The van der Waals surface area contributed by atoms with Crippen molar-refractivity contribution in [1.29, 1.82) is 5.41 Å². The Morgan fingerprint density at radius 3 is 2.77 bits per heavy atom. The Balaban J connectivity index is 0.00000480. The van der Waals surface area contributed by atoms with Crippen LogP contribution < -0.4 is 26.8 Å². The van der Waals surface area contributed by atoms with Gasteiger partial charge in [0.15, 0.2) is 11.0 Å². The summed E-state index contributed by atoms with van der Waals surface area (Å²) >= 11 is 1.06. The van der Waals surface area contributed by atoms with Crippen LogP contribution in [0.5, 0.6) is 5.19 Å². The van der Waals surface area contributed by atoms with Gasteiger partial charge in [0.25, 0.3) is 11.2 Å². The maximum Gasteiger partial charge on any atom is 0.362 e. The monoisotopic (exact) mass is 458 g/mol. The van der Waals surface area contributed by atoms with Gasteiger partial charge in [0, 0.05) is 24.0 Å². The summed E-state index contributed by atoms with van der Waals surface area (Å²) in [6, 6.07) is -0.270. The Morgan fingerprint density at radius 2 is 2.16 bits per heavy atom. The number of thiazole rings is 1. The van der Waals surface area contributed by atoms with Crippen LogP contribution >= 0.6 is 11.3 Å². The predicted molar refractivity (Wildman–Crippen MR) is 108 cm³/mol. The molecule has 16 heteroatoms. The van der Waals surface area contributed by atoms with Crippen molar-refractivity contribution in [2.45, 2.75) is 37.8 Å². The van der Waals surface area contributed by atoms with Gasteiger partial charge in [-0.1, -0.05) is 11.3 Å². The Kier molecular flexibility index (Phi) is 9.80. The van der Waals surface area contributed by atoms with Gasteiger partial charge < -0.3 is 37.1 Å². The average molecular weight is 458 g/mol. The minimum absolute atomic E-state index is 0. The third-order valence-corrected chi connectivity index (χ3v) is 4.44. The maximum atomic E-state index is 12.3. The molecule has 0 radical (unpaired) electrons. The second-order valence-corrected chi connectivity index (χ2v) is 6.93. The summed E-state index contributed by atoms with van der Waals surface area (Å²) < 4.78 is 10.3. The van der Waals surface area contributed by atoms with Crippen LogP contribution in [0.4, 0.5) is 0 Å². The van der Waals surface area contributed by atoms with Crippen molar-refractivity contribution in [3.8, 4) is 5.19 Å². The lowest BCUT2D eigenvalue weighted by atomic mass is 9.93. The highest BCUT2D eigenvalue weighted by Crippen LogP contribution is 2.22. The summed E-state index contributed by atoms with van der Waals surface area (Å²) in [4.78, 5) is 38.6. The largest absolute Gasteiger partial charge is 0.459 e. The van der Waals surface area contributed by atoms with Gasteiger partial charge >= 0.3 is 11.9 Å². The van der Waals surface area contributed by atoms with Crippen LogP contribution in [0.25, 0.3) is 0 Å². The zero-order valence-corrected chi connectivity index (χ0v) is 16.9. The number of hydrogen-bond donors (Lipinski definition) is 5. The molecular weight excluding hydrogens is 436 g/mol. The summed E-state index contributed by atoms with van der Waals surface area (Å²) in [5.74, 6) is -2.74. The number of carbonyl (C=O) groups is 2. The molecule has 1 aliphatic rings. The van der Waals surface area contributed by atoms with E-state index in [0.29, 0.717) is 25.7 Å². The fraction of sp³-hybridized carbons (Fsp3) is 0.400. The quantitative estimate of drug-likeness (QED) is 0.0787. The molecule has 2 atom stereocenters. The Morgan fingerprint density at radius 1 is 1.42 bits per heavy atom. The van der Waals surface area contributed by atoms with Crippen LogP contribution in [0.3, 0.4) is 0 Å². The van der Waals surface area contributed by atoms with Crippen molar-refractivity contribution in [1.82, 2.24) is 15.6 Å². The first-order valence-electron chi connectivity index (χ1n) is 8.63. The molecule has 170 valence electrons. The van der Waals surface area contributed by atoms with E-state index in [1.807, 2.05) is 0 Å². The lowest BCUT2D eigenvalue weighted by molar-refractivity contribution is -0.485. The molecule has 15 nitrogen and oxygen atoms in total. The third-order valence-electron chi connectivity index (χ3n) is 3.79. The Hall–Kier alpha value is -3.79. The third kappa shape index (κ3) is 9.05. The molecule has 1 heterocycles. The van der Waals surface area contributed by atoms with E-state index in [0.717, 1.165) is 17.4 Å². The number of guanidine groups is 2. The van der Waals surface area contributed by atoms with Gasteiger partial charge in [-0.3, -0.25) is 5.41 Å². The number of rotatable bonds is 7. The zero-order chi connectivity index (χ0) is 22.1. The molecule has 1 aromatic rings. The summed E-state index contributed by atoms with van der Waals surface area (Å²) in [7, 11) is 0. The van der Waals surface area contributed by atoms with Gasteiger partial charge in [-0.25, -0.2) is 24.7 Å². The first-order valence-corrected chi connectivity index (χ1v) is 9.51. The van der Waals surface area contributed by atoms with E-state index in [4.69, 9.17) is 26.4 Å². The topological polar surface area (TPSA) is 252 Å². The van der Waals surface area contributed by atoms with Gasteiger partial charge in [-0.05, 0) is 19.3 Å². The first kappa shape index (κ1) is 25.2. The number of esters is 2. The fourth-order valence-corrected chi connectivity index (χ4v) is 3.20.